The maximum atomic E-state index is 13.8. The first kappa shape index (κ1) is 15.9. The SMILES string of the molecule is CC(C)c1nnc2n1CCN(C(=O)Cc1c(F)cccc1Cl)C2. The van der Waals surface area contributed by atoms with Crippen LogP contribution in [0.3, 0.4) is 0 Å². The summed E-state index contributed by atoms with van der Waals surface area (Å²) in [4.78, 5) is 14.1. The molecule has 5 nitrogen and oxygen atoms in total. The van der Waals surface area contributed by atoms with Gasteiger partial charge in [0, 0.05) is 29.6 Å². The molecule has 0 fully saturated rings. The molecule has 0 aliphatic carbocycles. The van der Waals surface area contributed by atoms with Gasteiger partial charge in [-0.15, -0.1) is 10.2 Å². The highest BCUT2D eigenvalue weighted by Gasteiger charge is 2.26. The van der Waals surface area contributed by atoms with Gasteiger partial charge in [-0.3, -0.25) is 4.79 Å². The summed E-state index contributed by atoms with van der Waals surface area (Å²) < 4.78 is 15.9. The Labute approximate surface area is 139 Å². The number of aromatic nitrogens is 3. The van der Waals surface area contributed by atoms with Crippen molar-refractivity contribution in [3.8, 4) is 0 Å². The average molecular weight is 337 g/mol. The first-order chi connectivity index (χ1) is 11.0. The second-order valence-corrected chi connectivity index (χ2v) is 6.38. The molecule has 3 rings (SSSR count). The van der Waals surface area contributed by atoms with Gasteiger partial charge in [0.2, 0.25) is 5.91 Å². The molecule has 0 spiro atoms. The summed E-state index contributed by atoms with van der Waals surface area (Å²) in [7, 11) is 0. The molecule has 7 heteroatoms. The smallest absolute Gasteiger partial charge is 0.227 e. The highest BCUT2D eigenvalue weighted by molar-refractivity contribution is 6.31. The van der Waals surface area contributed by atoms with Crippen LogP contribution in [0.2, 0.25) is 5.02 Å². The van der Waals surface area contributed by atoms with Gasteiger partial charge in [-0.2, -0.15) is 0 Å². The summed E-state index contributed by atoms with van der Waals surface area (Å²) in [6.07, 6.45) is -0.0450. The molecular weight excluding hydrogens is 319 g/mol. The second kappa shape index (κ2) is 6.28. The lowest BCUT2D eigenvalue weighted by atomic mass is 10.1. The molecule has 0 bridgehead atoms. The van der Waals surface area contributed by atoms with Crippen LogP contribution in [-0.2, 0) is 24.3 Å². The largest absolute Gasteiger partial charge is 0.333 e. The van der Waals surface area contributed by atoms with Crippen LogP contribution in [0, 0.1) is 5.82 Å². The van der Waals surface area contributed by atoms with Crippen LogP contribution >= 0.6 is 11.6 Å². The van der Waals surface area contributed by atoms with Gasteiger partial charge in [-0.1, -0.05) is 31.5 Å². The molecule has 0 saturated heterocycles. The molecule has 1 amide bonds. The fraction of sp³-hybridized carbons (Fsp3) is 0.438. The molecule has 2 aromatic rings. The van der Waals surface area contributed by atoms with Gasteiger partial charge in [0.15, 0.2) is 5.82 Å². The van der Waals surface area contributed by atoms with Crippen molar-refractivity contribution < 1.29 is 9.18 Å². The van der Waals surface area contributed by atoms with E-state index in [1.54, 1.807) is 11.0 Å². The van der Waals surface area contributed by atoms with Crippen LogP contribution in [0.15, 0.2) is 18.2 Å². The molecular formula is C16H18ClFN4O. The molecule has 1 aromatic heterocycles. The van der Waals surface area contributed by atoms with E-state index in [-0.39, 0.29) is 28.8 Å². The van der Waals surface area contributed by atoms with Gasteiger partial charge in [-0.05, 0) is 12.1 Å². The van der Waals surface area contributed by atoms with E-state index in [0.29, 0.717) is 19.6 Å². The van der Waals surface area contributed by atoms with E-state index in [2.05, 4.69) is 28.6 Å². The summed E-state index contributed by atoms with van der Waals surface area (Å²) in [5.41, 5.74) is 0.245. The lowest BCUT2D eigenvalue weighted by Crippen LogP contribution is -2.39. The van der Waals surface area contributed by atoms with Crippen LogP contribution in [0.5, 0.6) is 0 Å². The van der Waals surface area contributed by atoms with Crippen molar-refractivity contribution in [3.05, 3.63) is 46.3 Å². The van der Waals surface area contributed by atoms with Crippen molar-refractivity contribution in [2.45, 2.75) is 39.3 Å². The Morgan fingerprint density at radius 2 is 2.13 bits per heavy atom. The molecule has 1 aliphatic heterocycles. The van der Waals surface area contributed by atoms with E-state index in [1.807, 2.05) is 0 Å². The maximum absolute atomic E-state index is 13.8. The predicted octanol–water partition coefficient (Wildman–Crippen LogP) is 2.78. The van der Waals surface area contributed by atoms with Crippen LogP contribution < -0.4 is 0 Å². The summed E-state index contributed by atoms with van der Waals surface area (Å²) in [6.45, 7) is 5.75. The maximum Gasteiger partial charge on any atom is 0.227 e. The third-order valence-electron chi connectivity index (χ3n) is 4.04. The second-order valence-electron chi connectivity index (χ2n) is 5.97. The number of hydrogen-bond acceptors (Lipinski definition) is 3. The molecule has 0 N–H and O–H groups in total. The molecule has 0 atom stereocenters. The Hall–Kier alpha value is -1.95. The first-order valence-electron chi connectivity index (χ1n) is 7.60. The van der Waals surface area contributed by atoms with E-state index >= 15 is 0 Å². The number of amides is 1. The zero-order valence-corrected chi connectivity index (χ0v) is 13.8. The number of nitrogens with zero attached hydrogens (tertiary/aromatic N) is 4. The zero-order valence-electron chi connectivity index (χ0n) is 13.1. The molecule has 2 heterocycles. The lowest BCUT2D eigenvalue weighted by Gasteiger charge is -2.28. The minimum atomic E-state index is -0.451. The number of fused-ring (bicyclic) bond motifs is 1. The standard InChI is InChI=1S/C16H18ClFN4O/c1-10(2)16-20-19-14-9-21(6-7-22(14)16)15(23)8-11-12(17)4-3-5-13(11)18/h3-5,10H,6-9H2,1-2H3. The zero-order chi connectivity index (χ0) is 16.6. The van der Waals surface area contributed by atoms with Crippen molar-refractivity contribution in [1.82, 2.24) is 19.7 Å². The number of hydrogen-bond donors (Lipinski definition) is 0. The van der Waals surface area contributed by atoms with Crippen LogP contribution in [-0.4, -0.2) is 32.1 Å². The van der Waals surface area contributed by atoms with Crippen molar-refractivity contribution in [3.63, 3.8) is 0 Å². The van der Waals surface area contributed by atoms with Crippen molar-refractivity contribution in [1.29, 1.82) is 0 Å². The van der Waals surface area contributed by atoms with Crippen LogP contribution in [0.25, 0.3) is 0 Å². The van der Waals surface area contributed by atoms with Crippen molar-refractivity contribution >= 4 is 17.5 Å². The molecule has 0 unspecified atom stereocenters. The van der Waals surface area contributed by atoms with E-state index in [4.69, 9.17) is 11.6 Å². The summed E-state index contributed by atoms with van der Waals surface area (Å²) >= 11 is 5.99. The predicted molar refractivity (Wildman–Crippen MR) is 84.6 cm³/mol. The van der Waals surface area contributed by atoms with Gasteiger partial charge in [0.25, 0.3) is 0 Å². The molecule has 0 saturated carbocycles. The molecule has 1 aliphatic rings. The summed E-state index contributed by atoms with van der Waals surface area (Å²) in [6, 6.07) is 4.44. The van der Waals surface area contributed by atoms with Gasteiger partial charge >= 0.3 is 0 Å². The Kier molecular flexibility index (Phi) is 4.35. The van der Waals surface area contributed by atoms with Gasteiger partial charge < -0.3 is 9.47 Å². The number of carbonyl (C=O) groups is 1. The highest BCUT2D eigenvalue weighted by atomic mass is 35.5. The Bertz CT molecular complexity index is 723. The summed E-state index contributed by atoms with van der Waals surface area (Å²) in [5, 5.41) is 8.65. The van der Waals surface area contributed by atoms with E-state index in [1.165, 1.54) is 12.1 Å². The van der Waals surface area contributed by atoms with E-state index in [9.17, 15) is 9.18 Å². The topological polar surface area (TPSA) is 51.0 Å². The lowest BCUT2D eigenvalue weighted by molar-refractivity contribution is -0.132. The Morgan fingerprint density at radius 1 is 1.35 bits per heavy atom. The Balaban J connectivity index is 1.75. The Morgan fingerprint density at radius 3 is 2.83 bits per heavy atom. The van der Waals surface area contributed by atoms with Gasteiger partial charge in [0.05, 0.1) is 13.0 Å². The minimum Gasteiger partial charge on any atom is -0.333 e. The number of halogens is 2. The number of benzene rings is 1. The van der Waals surface area contributed by atoms with Crippen LogP contribution in [0.1, 0.15) is 37.0 Å². The normalized spacial score (nSPS) is 14.2. The molecule has 0 radical (unpaired) electrons. The quantitative estimate of drug-likeness (QED) is 0.866. The minimum absolute atomic E-state index is 0.0450. The first-order valence-corrected chi connectivity index (χ1v) is 7.97. The van der Waals surface area contributed by atoms with E-state index < -0.39 is 5.82 Å². The van der Waals surface area contributed by atoms with Crippen molar-refractivity contribution in [2.75, 3.05) is 6.54 Å². The fourth-order valence-corrected chi connectivity index (χ4v) is 3.01. The van der Waals surface area contributed by atoms with Gasteiger partial charge in [0.1, 0.15) is 11.6 Å². The van der Waals surface area contributed by atoms with E-state index in [0.717, 1.165) is 11.6 Å². The third-order valence-corrected chi connectivity index (χ3v) is 4.39. The molecule has 1 aromatic carbocycles. The fourth-order valence-electron chi connectivity index (χ4n) is 2.78. The monoisotopic (exact) mass is 336 g/mol. The van der Waals surface area contributed by atoms with Crippen molar-refractivity contribution in [2.24, 2.45) is 0 Å². The highest BCUT2D eigenvalue weighted by Crippen LogP contribution is 2.22. The molecule has 122 valence electrons. The third kappa shape index (κ3) is 3.08. The number of rotatable bonds is 3. The molecule has 23 heavy (non-hydrogen) atoms. The number of carbonyl (C=O) groups excluding carboxylic acids is 1. The summed E-state index contributed by atoms with van der Waals surface area (Å²) in [5.74, 6) is 1.39. The van der Waals surface area contributed by atoms with Gasteiger partial charge in [-0.25, -0.2) is 4.39 Å². The van der Waals surface area contributed by atoms with Crippen LogP contribution in [0.4, 0.5) is 4.39 Å². The average Bonchev–Trinajstić information content (AvgIpc) is 2.94.